The van der Waals surface area contributed by atoms with Crippen LogP contribution in [0.3, 0.4) is 0 Å². The third kappa shape index (κ3) is 5.42. The first kappa shape index (κ1) is 35.9. The van der Waals surface area contributed by atoms with E-state index in [0.29, 0.717) is 0 Å². The Bertz CT molecular complexity index is 3230. The minimum absolute atomic E-state index is 0.449. The molecule has 12 rings (SSSR count). The summed E-state index contributed by atoms with van der Waals surface area (Å²) in [5, 5.41) is 0. The standard InChI is InChI=1S/C61H41N/c1-4-21-42(22-5-1)46-27-10-11-32-53(46)60-47(43-23-6-2-7-24-43)33-20-34-54(60)52-31-15-19-38-59(52)62(44-25-8-3-9-26-44)45-39-40-51-50-30-14-18-37-57(50)61(58(51)41-45)55-35-16-12-28-48(55)49-29-13-17-36-56(49)61/h1-41H. The Morgan fingerprint density at radius 2 is 0.661 bits per heavy atom. The number of hydrogen-bond acceptors (Lipinski definition) is 1. The van der Waals surface area contributed by atoms with Crippen LogP contribution in [0.25, 0.3) is 66.8 Å². The maximum atomic E-state index is 2.49. The molecule has 62 heavy (non-hydrogen) atoms. The third-order valence-electron chi connectivity index (χ3n) is 13.1. The Kier molecular flexibility index (Phi) is 8.47. The largest absolute Gasteiger partial charge is 0.310 e. The van der Waals surface area contributed by atoms with Crippen LogP contribution < -0.4 is 4.90 Å². The van der Waals surface area contributed by atoms with Crippen LogP contribution in [0.2, 0.25) is 0 Å². The van der Waals surface area contributed by atoms with Crippen molar-refractivity contribution < 1.29 is 0 Å². The lowest BCUT2D eigenvalue weighted by Gasteiger charge is -2.33. The van der Waals surface area contributed by atoms with Crippen molar-refractivity contribution >= 4 is 17.1 Å². The van der Waals surface area contributed by atoms with Gasteiger partial charge in [-0.2, -0.15) is 0 Å². The zero-order chi connectivity index (χ0) is 41.0. The van der Waals surface area contributed by atoms with Crippen LogP contribution in [0.1, 0.15) is 22.3 Å². The number of rotatable bonds is 7. The number of anilines is 3. The fraction of sp³-hybridized carbons (Fsp3) is 0.0164. The highest BCUT2D eigenvalue weighted by Crippen LogP contribution is 2.63. The van der Waals surface area contributed by atoms with Gasteiger partial charge in [-0.1, -0.05) is 218 Å². The summed E-state index contributed by atoms with van der Waals surface area (Å²) >= 11 is 0. The molecule has 0 aromatic heterocycles. The van der Waals surface area contributed by atoms with Crippen LogP contribution in [0.15, 0.2) is 249 Å². The average molecular weight is 788 g/mol. The van der Waals surface area contributed by atoms with E-state index in [2.05, 4.69) is 254 Å². The summed E-state index contributed by atoms with van der Waals surface area (Å²) in [7, 11) is 0. The number of nitrogens with zero attached hydrogens (tertiary/aromatic N) is 1. The minimum atomic E-state index is -0.449. The van der Waals surface area contributed by atoms with Crippen LogP contribution in [-0.4, -0.2) is 0 Å². The van der Waals surface area contributed by atoms with Gasteiger partial charge in [0, 0.05) is 16.9 Å². The van der Waals surface area contributed by atoms with Gasteiger partial charge in [0.05, 0.1) is 11.1 Å². The fourth-order valence-electron chi connectivity index (χ4n) is 10.6. The second kappa shape index (κ2) is 14.6. The molecule has 2 aliphatic rings. The monoisotopic (exact) mass is 787 g/mol. The van der Waals surface area contributed by atoms with E-state index >= 15 is 0 Å². The number of para-hydroxylation sites is 2. The van der Waals surface area contributed by atoms with Crippen molar-refractivity contribution in [2.24, 2.45) is 0 Å². The lowest BCUT2D eigenvalue weighted by atomic mass is 9.70. The van der Waals surface area contributed by atoms with Gasteiger partial charge in [0.15, 0.2) is 0 Å². The van der Waals surface area contributed by atoms with Crippen LogP contribution in [0.5, 0.6) is 0 Å². The predicted octanol–water partition coefficient (Wildman–Crippen LogP) is 16.2. The molecule has 0 N–H and O–H groups in total. The first-order valence-corrected chi connectivity index (χ1v) is 21.5. The van der Waals surface area contributed by atoms with Gasteiger partial charge in [-0.25, -0.2) is 0 Å². The number of fused-ring (bicyclic) bond motifs is 10. The molecule has 290 valence electrons. The van der Waals surface area contributed by atoms with E-state index in [1.54, 1.807) is 0 Å². The summed E-state index contributed by atoms with van der Waals surface area (Å²) in [5.41, 5.74) is 22.9. The minimum Gasteiger partial charge on any atom is -0.310 e. The van der Waals surface area contributed by atoms with Crippen molar-refractivity contribution in [3.63, 3.8) is 0 Å². The third-order valence-corrected chi connectivity index (χ3v) is 13.1. The highest BCUT2D eigenvalue weighted by atomic mass is 15.1. The van der Waals surface area contributed by atoms with Crippen molar-refractivity contribution in [2.75, 3.05) is 4.90 Å². The number of benzene rings is 10. The second-order valence-corrected chi connectivity index (χ2v) is 16.3. The van der Waals surface area contributed by atoms with Gasteiger partial charge in [0.1, 0.15) is 0 Å². The molecule has 0 atom stereocenters. The quantitative estimate of drug-likeness (QED) is 0.155. The lowest BCUT2D eigenvalue weighted by Crippen LogP contribution is -2.26. The summed E-state index contributed by atoms with van der Waals surface area (Å²) in [6, 6.07) is 91.5. The van der Waals surface area contributed by atoms with Crippen LogP contribution >= 0.6 is 0 Å². The van der Waals surface area contributed by atoms with Gasteiger partial charge in [0.2, 0.25) is 0 Å². The molecule has 0 saturated carbocycles. The van der Waals surface area contributed by atoms with Crippen LogP contribution in [-0.2, 0) is 5.41 Å². The van der Waals surface area contributed by atoms with Gasteiger partial charge in [0.25, 0.3) is 0 Å². The zero-order valence-corrected chi connectivity index (χ0v) is 34.1. The SMILES string of the molecule is c1ccc(-c2ccccc2-c2c(-c3ccccc3)cccc2-c2ccccc2N(c2ccccc2)c2ccc3c(c2)C2(c4ccccc4-c4ccccc42)c2ccccc2-3)cc1. The van der Waals surface area contributed by atoms with E-state index in [-0.39, 0.29) is 0 Å². The van der Waals surface area contributed by atoms with Crippen LogP contribution in [0, 0.1) is 0 Å². The molecule has 0 aliphatic heterocycles. The molecule has 2 aliphatic carbocycles. The molecule has 10 aromatic carbocycles. The first-order chi connectivity index (χ1) is 30.8. The molecule has 1 spiro atoms. The van der Waals surface area contributed by atoms with Crippen molar-refractivity contribution in [3.05, 3.63) is 271 Å². The van der Waals surface area contributed by atoms with Gasteiger partial charge in [-0.3, -0.25) is 0 Å². The molecule has 0 radical (unpaired) electrons. The lowest BCUT2D eigenvalue weighted by molar-refractivity contribution is 0.793. The van der Waals surface area contributed by atoms with E-state index in [4.69, 9.17) is 0 Å². The summed E-state index contributed by atoms with van der Waals surface area (Å²) < 4.78 is 0. The molecule has 0 amide bonds. The highest BCUT2D eigenvalue weighted by molar-refractivity contribution is 6.03. The van der Waals surface area contributed by atoms with Crippen molar-refractivity contribution in [1.82, 2.24) is 0 Å². The van der Waals surface area contributed by atoms with Gasteiger partial charge in [-0.15, -0.1) is 0 Å². The summed E-state index contributed by atoms with van der Waals surface area (Å²) in [6.45, 7) is 0. The molecule has 1 heteroatoms. The Labute approximate surface area is 363 Å². The van der Waals surface area contributed by atoms with Crippen molar-refractivity contribution in [2.45, 2.75) is 5.41 Å². The molecule has 0 unspecified atom stereocenters. The Hall–Kier alpha value is -8.00. The van der Waals surface area contributed by atoms with E-state index in [1.807, 2.05) is 0 Å². The van der Waals surface area contributed by atoms with Gasteiger partial charge < -0.3 is 4.90 Å². The molecule has 0 bridgehead atoms. The fourth-order valence-corrected chi connectivity index (χ4v) is 10.6. The average Bonchev–Trinajstić information content (AvgIpc) is 3.82. The van der Waals surface area contributed by atoms with E-state index in [0.717, 1.165) is 22.6 Å². The summed E-state index contributed by atoms with van der Waals surface area (Å²) in [5.74, 6) is 0. The van der Waals surface area contributed by atoms with E-state index in [9.17, 15) is 0 Å². The molecule has 1 nitrogen and oxygen atoms in total. The van der Waals surface area contributed by atoms with Crippen molar-refractivity contribution in [1.29, 1.82) is 0 Å². The van der Waals surface area contributed by atoms with Crippen LogP contribution in [0.4, 0.5) is 17.1 Å². The molecule has 10 aromatic rings. The topological polar surface area (TPSA) is 3.24 Å². The normalized spacial score (nSPS) is 12.6. The predicted molar refractivity (Wildman–Crippen MR) is 259 cm³/mol. The van der Waals surface area contributed by atoms with Crippen molar-refractivity contribution in [3.8, 4) is 66.8 Å². The summed E-state index contributed by atoms with van der Waals surface area (Å²) in [4.78, 5) is 2.47. The maximum Gasteiger partial charge on any atom is 0.0726 e. The Morgan fingerprint density at radius 1 is 0.242 bits per heavy atom. The Morgan fingerprint density at radius 3 is 1.26 bits per heavy atom. The second-order valence-electron chi connectivity index (χ2n) is 16.3. The molecular formula is C61H41N. The van der Waals surface area contributed by atoms with E-state index in [1.165, 1.54) is 83.5 Å². The first-order valence-electron chi connectivity index (χ1n) is 21.5. The molecule has 0 fully saturated rings. The zero-order valence-electron chi connectivity index (χ0n) is 34.1. The number of hydrogen-bond donors (Lipinski definition) is 0. The maximum absolute atomic E-state index is 2.49. The Balaban J connectivity index is 1.12. The van der Waals surface area contributed by atoms with Gasteiger partial charge in [-0.05, 0) is 114 Å². The summed E-state index contributed by atoms with van der Waals surface area (Å²) in [6.07, 6.45) is 0. The van der Waals surface area contributed by atoms with Gasteiger partial charge >= 0.3 is 0 Å². The smallest absolute Gasteiger partial charge is 0.0726 e. The van der Waals surface area contributed by atoms with E-state index < -0.39 is 5.41 Å². The highest BCUT2D eigenvalue weighted by Gasteiger charge is 2.51. The molecule has 0 saturated heterocycles. The molecular weight excluding hydrogens is 747 g/mol. The molecule has 0 heterocycles.